The van der Waals surface area contributed by atoms with Gasteiger partial charge in [-0.25, -0.2) is 9.97 Å². The van der Waals surface area contributed by atoms with Crippen LogP contribution in [-0.2, 0) is 6.54 Å². The lowest BCUT2D eigenvalue weighted by molar-refractivity contribution is 0.0732. The number of aromatic amines is 1. The maximum absolute atomic E-state index is 12.1. The third kappa shape index (κ3) is 3.16. The quantitative estimate of drug-likeness (QED) is 0.561. The second kappa shape index (κ2) is 6.14. The van der Waals surface area contributed by atoms with Crippen LogP contribution in [0, 0.1) is 0 Å². The summed E-state index contributed by atoms with van der Waals surface area (Å²) in [5.74, 6) is 1.47. The van der Waals surface area contributed by atoms with Gasteiger partial charge in [0.15, 0.2) is 0 Å². The van der Waals surface area contributed by atoms with E-state index in [0.29, 0.717) is 41.9 Å². The molecular weight excluding hydrogens is 320 g/mol. The molecule has 0 atom stereocenters. The number of nitrogens with two attached hydrogens (primary N) is 1. The molecule has 2 aromatic heterocycles. The van der Waals surface area contributed by atoms with Gasteiger partial charge in [-0.05, 0) is 25.0 Å². The topological polar surface area (TPSA) is 130 Å². The zero-order chi connectivity index (χ0) is 17.4. The smallest absolute Gasteiger partial charge is 0.258 e. The summed E-state index contributed by atoms with van der Waals surface area (Å²) in [6.45, 7) is 0.309. The minimum Gasteiger partial charge on any atom is -0.393 e. The third-order valence-electron chi connectivity index (χ3n) is 4.39. The number of H-pyrrole nitrogens is 1. The number of fused-ring (bicyclic) bond motifs is 1. The number of para-hydroxylation sites is 1. The predicted molar refractivity (Wildman–Crippen MR) is 94.1 cm³/mol. The van der Waals surface area contributed by atoms with Crippen molar-refractivity contribution in [2.75, 3.05) is 11.1 Å². The van der Waals surface area contributed by atoms with E-state index in [1.165, 1.54) is 0 Å². The number of hydrogen-bond donors (Lipinski definition) is 4. The zero-order valence-electron chi connectivity index (χ0n) is 13.4. The van der Waals surface area contributed by atoms with Gasteiger partial charge in [0.2, 0.25) is 5.95 Å². The number of nitrogens with zero attached hydrogens (tertiary/aromatic N) is 3. The Morgan fingerprint density at radius 2 is 2.04 bits per heavy atom. The van der Waals surface area contributed by atoms with E-state index in [1.807, 2.05) is 12.1 Å². The summed E-state index contributed by atoms with van der Waals surface area (Å²) < 4.78 is 0. The fraction of sp³-hybridized carbons (Fsp3) is 0.294. The SMILES string of the molecule is Nc1nc(NCc2nc3ccccc3c(=O)[nH]2)cc(C2CC(O)C2)n1. The lowest BCUT2D eigenvalue weighted by Gasteiger charge is -2.30. The number of nitrogens with one attached hydrogen (secondary N) is 2. The molecule has 0 amide bonds. The minimum absolute atomic E-state index is 0.172. The molecule has 0 unspecified atom stereocenters. The Kier molecular flexibility index (Phi) is 3.81. The lowest BCUT2D eigenvalue weighted by Crippen LogP contribution is -2.27. The van der Waals surface area contributed by atoms with Crippen LogP contribution in [0.2, 0.25) is 0 Å². The molecule has 1 aromatic carbocycles. The Labute approximate surface area is 143 Å². The molecule has 1 saturated carbocycles. The van der Waals surface area contributed by atoms with Crippen molar-refractivity contribution in [2.24, 2.45) is 0 Å². The van der Waals surface area contributed by atoms with Gasteiger partial charge in [0, 0.05) is 12.0 Å². The fourth-order valence-electron chi connectivity index (χ4n) is 3.01. The molecule has 0 aliphatic heterocycles. The standard InChI is InChI=1S/C17H18N6O2/c18-17-21-13(9-5-10(24)6-9)7-14(23-17)19-8-15-20-12-4-2-1-3-11(12)16(25)22-15/h1-4,7,9-10,24H,5-6,8H2,(H,20,22,25)(H3,18,19,21,23). The molecule has 0 spiro atoms. The molecule has 25 heavy (non-hydrogen) atoms. The highest BCUT2D eigenvalue weighted by molar-refractivity contribution is 5.77. The number of aliphatic hydroxyl groups excluding tert-OH is 1. The van der Waals surface area contributed by atoms with E-state index in [1.54, 1.807) is 18.2 Å². The Bertz CT molecular complexity index is 980. The number of aliphatic hydroxyl groups is 1. The minimum atomic E-state index is -0.260. The summed E-state index contributed by atoms with van der Waals surface area (Å²) in [4.78, 5) is 27.7. The monoisotopic (exact) mass is 338 g/mol. The van der Waals surface area contributed by atoms with E-state index in [9.17, 15) is 9.90 Å². The molecule has 1 aliphatic carbocycles. The number of hydrogen-bond acceptors (Lipinski definition) is 7. The summed E-state index contributed by atoms with van der Waals surface area (Å²) in [6, 6.07) is 9.02. The van der Waals surface area contributed by atoms with Crippen molar-refractivity contribution in [3.05, 3.63) is 52.2 Å². The van der Waals surface area contributed by atoms with Gasteiger partial charge in [0.25, 0.3) is 5.56 Å². The van der Waals surface area contributed by atoms with Crippen LogP contribution in [-0.4, -0.2) is 31.1 Å². The summed E-state index contributed by atoms with van der Waals surface area (Å²) in [5.41, 5.74) is 7.07. The number of rotatable bonds is 4. The van der Waals surface area contributed by atoms with Crippen LogP contribution >= 0.6 is 0 Å². The summed E-state index contributed by atoms with van der Waals surface area (Å²) in [7, 11) is 0. The normalized spacial score (nSPS) is 19.6. The molecule has 1 aliphatic rings. The van der Waals surface area contributed by atoms with E-state index < -0.39 is 0 Å². The third-order valence-corrected chi connectivity index (χ3v) is 4.39. The molecule has 128 valence electrons. The molecule has 4 rings (SSSR count). The van der Waals surface area contributed by atoms with Crippen LogP contribution in [0.3, 0.4) is 0 Å². The molecule has 8 nitrogen and oxygen atoms in total. The van der Waals surface area contributed by atoms with Gasteiger partial charge in [0.05, 0.1) is 29.2 Å². The molecule has 5 N–H and O–H groups in total. The molecule has 2 heterocycles. The summed E-state index contributed by atoms with van der Waals surface area (Å²) >= 11 is 0. The van der Waals surface area contributed by atoms with Gasteiger partial charge >= 0.3 is 0 Å². The summed E-state index contributed by atoms with van der Waals surface area (Å²) in [5, 5.41) is 13.1. The van der Waals surface area contributed by atoms with Crippen LogP contribution in [0.5, 0.6) is 0 Å². The van der Waals surface area contributed by atoms with Gasteiger partial charge in [-0.15, -0.1) is 0 Å². The second-order valence-corrected chi connectivity index (χ2v) is 6.24. The maximum Gasteiger partial charge on any atom is 0.258 e. The van der Waals surface area contributed by atoms with Gasteiger partial charge < -0.3 is 21.1 Å². The van der Waals surface area contributed by atoms with Gasteiger partial charge in [0.1, 0.15) is 11.6 Å². The molecule has 0 bridgehead atoms. The molecular formula is C17H18N6O2. The van der Waals surface area contributed by atoms with Crippen LogP contribution in [0.4, 0.5) is 11.8 Å². The first-order chi connectivity index (χ1) is 12.1. The molecule has 3 aromatic rings. The Morgan fingerprint density at radius 3 is 2.84 bits per heavy atom. The zero-order valence-corrected chi connectivity index (χ0v) is 13.4. The highest BCUT2D eigenvalue weighted by atomic mass is 16.3. The fourth-order valence-corrected chi connectivity index (χ4v) is 3.01. The van der Waals surface area contributed by atoms with Crippen LogP contribution in [0.1, 0.15) is 30.3 Å². The van der Waals surface area contributed by atoms with E-state index in [2.05, 4.69) is 25.3 Å². The van der Waals surface area contributed by atoms with Crippen molar-refractivity contribution >= 4 is 22.7 Å². The molecule has 8 heteroatoms. The van der Waals surface area contributed by atoms with Crippen LogP contribution < -0.4 is 16.6 Å². The highest BCUT2D eigenvalue weighted by Gasteiger charge is 2.30. The van der Waals surface area contributed by atoms with Crippen molar-refractivity contribution in [3.63, 3.8) is 0 Å². The van der Waals surface area contributed by atoms with Crippen molar-refractivity contribution in [1.29, 1.82) is 0 Å². The Morgan fingerprint density at radius 1 is 1.24 bits per heavy atom. The highest BCUT2D eigenvalue weighted by Crippen LogP contribution is 2.36. The summed E-state index contributed by atoms with van der Waals surface area (Å²) in [6.07, 6.45) is 1.12. The van der Waals surface area contributed by atoms with E-state index in [4.69, 9.17) is 5.73 Å². The maximum atomic E-state index is 12.1. The molecule has 0 radical (unpaired) electrons. The second-order valence-electron chi connectivity index (χ2n) is 6.24. The number of anilines is 2. The van der Waals surface area contributed by atoms with Crippen molar-refractivity contribution in [1.82, 2.24) is 19.9 Å². The van der Waals surface area contributed by atoms with Gasteiger partial charge in [-0.2, -0.15) is 4.98 Å². The number of benzene rings is 1. The Balaban J connectivity index is 1.54. The van der Waals surface area contributed by atoms with Gasteiger partial charge in [-0.3, -0.25) is 4.79 Å². The number of aromatic nitrogens is 4. The van der Waals surface area contributed by atoms with Crippen LogP contribution in [0.15, 0.2) is 35.1 Å². The van der Waals surface area contributed by atoms with Gasteiger partial charge in [-0.1, -0.05) is 12.1 Å². The Hall–Kier alpha value is -3.00. The number of nitrogen functional groups attached to an aromatic ring is 1. The first-order valence-electron chi connectivity index (χ1n) is 8.13. The van der Waals surface area contributed by atoms with Crippen molar-refractivity contribution < 1.29 is 5.11 Å². The first kappa shape index (κ1) is 15.5. The van der Waals surface area contributed by atoms with Crippen molar-refractivity contribution in [3.8, 4) is 0 Å². The van der Waals surface area contributed by atoms with E-state index in [0.717, 1.165) is 5.69 Å². The lowest BCUT2D eigenvalue weighted by atomic mass is 9.80. The van der Waals surface area contributed by atoms with Crippen LogP contribution in [0.25, 0.3) is 10.9 Å². The predicted octanol–water partition coefficient (Wildman–Crippen LogP) is 1.15. The molecule has 0 saturated heterocycles. The van der Waals surface area contributed by atoms with E-state index in [-0.39, 0.29) is 23.5 Å². The average molecular weight is 338 g/mol. The largest absolute Gasteiger partial charge is 0.393 e. The van der Waals surface area contributed by atoms with Crippen molar-refractivity contribution in [2.45, 2.75) is 31.4 Å². The van der Waals surface area contributed by atoms with E-state index >= 15 is 0 Å². The first-order valence-corrected chi connectivity index (χ1v) is 8.13. The average Bonchev–Trinajstić information content (AvgIpc) is 2.57. The molecule has 1 fully saturated rings.